The Hall–Kier alpha value is -2.27. The second-order valence-corrected chi connectivity index (χ2v) is 12.4. The molecule has 2 aliphatic rings. The highest BCUT2D eigenvalue weighted by Crippen LogP contribution is 2.32. The van der Waals surface area contributed by atoms with Gasteiger partial charge in [-0.15, -0.1) is 0 Å². The molecule has 1 atom stereocenters. The van der Waals surface area contributed by atoms with Crippen LogP contribution in [0.4, 0.5) is 4.79 Å². The maximum Gasteiger partial charge on any atom is 0.410 e. The van der Waals surface area contributed by atoms with Gasteiger partial charge in [0.2, 0.25) is 0 Å². The molecule has 0 aliphatic carbocycles. The Morgan fingerprint density at radius 1 is 1.14 bits per heavy atom. The van der Waals surface area contributed by atoms with Crippen molar-refractivity contribution in [3.8, 4) is 0 Å². The van der Waals surface area contributed by atoms with Gasteiger partial charge in [-0.05, 0) is 42.3 Å². The summed E-state index contributed by atoms with van der Waals surface area (Å²) in [5, 5.41) is 19.6. The summed E-state index contributed by atoms with van der Waals surface area (Å²) in [4.78, 5) is 33.9. The number of ether oxygens (including phenoxy) is 1. The number of rotatable bonds is 10. The van der Waals surface area contributed by atoms with Crippen molar-refractivity contribution in [3.05, 3.63) is 72.8 Å². The molecule has 2 saturated heterocycles. The number of nitrogens with zero attached hydrogens (tertiary/aromatic N) is 4. The third-order valence-electron chi connectivity index (χ3n) is 7.82. The Labute approximate surface area is 266 Å². The molecule has 0 N–H and O–H groups in total. The average Bonchev–Trinajstić information content (AvgIpc) is 2.95. The molecular formula is C29H34Cl4N4O5. The van der Waals surface area contributed by atoms with E-state index in [2.05, 4.69) is 5.16 Å². The van der Waals surface area contributed by atoms with E-state index in [9.17, 15) is 14.8 Å². The number of carbonyl (C=O) groups excluding carboxylic acids is 2. The van der Waals surface area contributed by atoms with Crippen LogP contribution in [0.1, 0.15) is 47.5 Å². The predicted octanol–water partition coefficient (Wildman–Crippen LogP) is 6.87. The number of hydroxylamine groups is 3. The molecule has 2 amide bonds. The van der Waals surface area contributed by atoms with Gasteiger partial charge in [-0.25, -0.2) is 4.79 Å². The molecule has 2 aromatic rings. The van der Waals surface area contributed by atoms with E-state index in [1.807, 2.05) is 6.07 Å². The minimum absolute atomic E-state index is 0.00846. The molecular weight excluding hydrogens is 626 g/mol. The minimum atomic E-state index is -0.396. The maximum absolute atomic E-state index is 13.8. The Morgan fingerprint density at radius 2 is 1.83 bits per heavy atom. The van der Waals surface area contributed by atoms with Crippen LogP contribution in [0.5, 0.6) is 0 Å². The lowest BCUT2D eigenvalue weighted by Gasteiger charge is -2.49. The monoisotopic (exact) mass is 658 g/mol. The first kappa shape index (κ1) is 32.6. The van der Waals surface area contributed by atoms with Crippen LogP contribution in [0.2, 0.25) is 20.1 Å². The van der Waals surface area contributed by atoms with Crippen molar-refractivity contribution in [1.82, 2.24) is 9.80 Å². The molecule has 42 heavy (non-hydrogen) atoms. The average molecular weight is 660 g/mol. The molecule has 0 bridgehead atoms. The number of benzene rings is 2. The smallest absolute Gasteiger partial charge is 0.410 e. The number of carbonyl (C=O) groups is 2. The van der Waals surface area contributed by atoms with Gasteiger partial charge in [-0.2, -0.15) is 0 Å². The van der Waals surface area contributed by atoms with Gasteiger partial charge in [0.15, 0.2) is 0 Å². The van der Waals surface area contributed by atoms with Crippen LogP contribution in [0.3, 0.4) is 0 Å². The standard InChI is InChI=1S/C29H34Cl4N4O5/c1-35(28(38)20-14-21(30)17-22(31)15-20)18-27(34-41-2)24(19-4-5-25(32)26(33)16-19)8-12-37(40)10-6-23(7-11-37)36-9-3-13-42-29(36)39/h4-5,14-17,23-24H,3,6-13,18H2,1-2H3/b34-27+. The summed E-state index contributed by atoms with van der Waals surface area (Å²) in [5.41, 5.74) is 1.67. The van der Waals surface area contributed by atoms with E-state index in [0.29, 0.717) is 83.4 Å². The van der Waals surface area contributed by atoms with Crippen LogP contribution < -0.4 is 0 Å². The van der Waals surface area contributed by atoms with Crippen LogP contribution in [-0.2, 0) is 9.57 Å². The Balaban J connectivity index is 1.52. The van der Waals surface area contributed by atoms with Gasteiger partial charge >= 0.3 is 6.09 Å². The van der Waals surface area contributed by atoms with Gasteiger partial charge in [0.05, 0.1) is 48.5 Å². The number of oxime groups is 1. The Bertz CT molecular complexity index is 1300. The molecule has 2 fully saturated rings. The fourth-order valence-electron chi connectivity index (χ4n) is 5.61. The first-order valence-corrected chi connectivity index (χ1v) is 15.3. The van der Waals surface area contributed by atoms with E-state index in [0.717, 1.165) is 12.0 Å². The summed E-state index contributed by atoms with van der Waals surface area (Å²) in [7, 11) is 3.08. The lowest BCUT2D eigenvalue weighted by Crippen LogP contribution is -2.55. The van der Waals surface area contributed by atoms with Crippen molar-refractivity contribution in [2.45, 2.75) is 37.6 Å². The highest BCUT2D eigenvalue weighted by Gasteiger charge is 2.35. The summed E-state index contributed by atoms with van der Waals surface area (Å²) >= 11 is 24.8. The van der Waals surface area contributed by atoms with Crippen molar-refractivity contribution in [3.63, 3.8) is 0 Å². The number of halogens is 4. The number of hydrogen-bond acceptors (Lipinski definition) is 6. The molecule has 2 aliphatic heterocycles. The van der Waals surface area contributed by atoms with Crippen LogP contribution in [-0.4, -0.2) is 91.7 Å². The number of piperidine rings is 1. The van der Waals surface area contributed by atoms with E-state index in [4.69, 9.17) is 56.0 Å². The Kier molecular flexibility index (Phi) is 11.2. The zero-order valence-corrected chi connectivity index (χ0v) is 26.6. The quantitative estimate of drug-likeness (QED) is 0.120. The highest BCUT2D eigenvalue weighted by atomic mass is 35.5. The number of amides is 2. The summed E-state index contributed by atoms with van der Waals surface area (Å²) in [5.74, 6) is -0.696. The number of cyclic esters (lactones) is 1. The molecule has 228 valence electrons. The highest BCUT2D eigenvalue weighted by molar-refractivity contribution is 6.42. The van der Waals surface area contributed by atoms with Gasteiger partial charge in [0.25, 0.3) is 5.91 Å². The second kappa shape index (κ2) is 14.5. The van der Waals surface area contributed by atoms with Crippen molar-refractivity contribution >= 4 is 64.1 Å². The van der Waals surface area contributed by atoms with E-state index >= 15 is 0 Å². The molecule has 1 unspecified atom stereocenters. The van der Waals surface area contributed by atoms with Crippen LogP contribution in [0.25, 0.3) is 0 Å². The Morgan fingerprint density at radius 3 is 2.45 bits per heavy atom. The molecule has 0 spiro atoms. The summed E-state index contributed by atoms with van der Waals surface area (Å²) in [6.07, 6.45) is 2.14. The lowest BCUT2D eigenvalue weighted by molar-refractivity contribution is -0.886. The molecule has 9 nitrogen and oxygen atoms in total. The SMILES string of the molecule is CO/N=C(\CN(C)C(=O)c1cc(Cl)cc(Cl)c1)C(CC[N+]1([O-])CCC(N2CCCOC2=O)CC1)c1ccc(Cl)c(Cl)c1. The molecule has 0 aromatic heterocycles. The van der Waals surface area contributed by atoms with Gasteiger partial charge in [-0.1, -0.05) is 57.6 Å². The van der Waals surface area contributed by atoms with Crippen LogP contribution >= 0.6 is 46.4 Å². The van der Waals surface area contributed by atoms with Gasteiger partial charge < -0.3 is 29.2 Å². The third kappa shape index (κ3) is 8.21. The summed E-state index contributed by atoms with van der Waals surface area (Å²) in [6, 6.07) is 9.95. The normalized spacial score (nSPS) is 22.0. The van der Waals surface area contributed by atoms with Gasteiger partial charge in [0, 0.05) is 60.4 Å². The zero-order valence-electron chi connectivity index (χ0n) is 23.5. The van der Waals surface area contributed by atoms with Gasteiger partial charge in [0.1, 0.15) is 7.11 Å². The van der Waals surface area contributed by atoms with E-state index in [1.165, 1.54) is 12.0 Å². The first-order valence-electron chi connectivity index (χ1n) is 13.8. The van der Waals surface area contributed by atoms with E-state index in [-0.39, 0.29) is 24.6 Å². The predicted molar refractivity (Wildman–Crippen MR) is 166 cm³/mol. The first-order chi connectivity index (χ1) is 20.0. The fraction of sp³-hybridized carbons (Fsp3) is 0.483. The number of likely N-dealkylation sites (tertiary alicyclic amines) is 1. The van der Waals surface area contributed by atoms with E-state index in [1.54, 1.807) is 42.3 Å². The van der Waals surface area contributed by atoms with Gasteiger partial charge in [-0.3, -0.25) is 4.79 Å². The molecule has 0 radical (unpaired) electrons. The topological polar surface area (TPSA) is 94.5 Å². The van der Waals surface area contributed by atoms with Crippen molar-refractivity contribution in [1.29, 1.82) is 0 Å². The third-order valence-corrected chi connectivity index (χ3v) is 9.00. The second-order valence-electron chi connectivity index (χ2n) is 10.7. The maximum atomic E-state index is 13.8. The summed E-state index contributed by atoms with van der Waals surface area (Å²) in [6.45, 7) is 2.28. The molecule has 0 saturated carbocycles. The molecule has 4 rings (SSSR count). The number of hydrogen-bond donors (Lipinski definition) is 0. The zero-order chi connectivity index (χ0) is 30.4. The largest absolute Gasteiger partial charge is 0.633 e. The number of quaternary nitrogens is 1. The van der Waals surface area contributed by atoms with E-state index < -0.39 is 10.6 Å². The van der Waals surface area contributed by atoms with Crippen LogP contribution in [0.15, 0.2) is 41.6 Å². The lowest BCUT2D eigenvalue weighted by atomic mass is 9.89. The van der Waals surface area contributed by atoms with Crippen LogP contribution in [0, 0.1) is 5.21 Å². The molecule has 13 heteroatoms. The van der Waals surface area contributed by atoms with Crippen molar-refractivity contribution in [2.24, 2.45) is 5.16 Å². The summed E-state index contributed by atoms with van der Waals surface area (Å²) < 4.78 is 4.80. The van der Waals surface area contributed by atoms with Crippen molar-refractivity contribution < 1.29 is 23.8 Å². The fourth-order valence-corrected chi connectivity index (χ4v) is 6.44. The minimum Gasteiger partial charge on any atom is -0.633 e. The van der Waals surface area contributed by atoms with Crippen molar-refractivity contribution in [2.75, 3.05) is 53.5 Å². The molecule has 2 aromatic carbocycles. The molecule has 2 heterocycles.